The summed E-state index contributed by atoms with van der Waals surface area (Å²) in [7, 11) is 0. The molecule has 0 atom stereocenters. The van der Waals surface area contributed by atoms with Gasteiger partial charge < -0.3 is 15.8 Å². The zero-order chi connectivity index (χ0) is 19.8. The number of hydrogen-bond donors (Lipinski definition) is 3. The van der Waals surface area contributed by atoms with Crippen LogP contribution in [0.5, 0.6) is 11.5 Å². The number of nitrogen functional groups attached to an aromatic ring is 1. The van der Waals surface area contributed by atoms with E-state index in [0.29, 0.717) is 51.3 Å². The summed E-state index contributed by atoms with van der Waals surface area (Å²) >= 11 is 0. The van der Waals surface area contributed by atoms with Crippen molar-refractivity contribution in [3.05, 3.63) is 60.2 Å². The van der Waals surface area contributed by atoms with Crippen LogP contribution in [0.3, 0.4) is 0 Å². The van der Waals surface area contributed by atoms with Crippen LogP contribution in [0.25, 0.3) is 22.3 Å². The van der Waals surface area contributed by atoms with Crippen LogP contribution in [-0.2, 0) is 6.42 Å². The Kier molecular flexibility index (Phi) is 4.33. The Morgan fingerprint density at radius 2 is 1.90 bits per heavy atom. The average Bonchev–Trinajstić information content (AvgIpc) is 3.10. The highest BCUT2D eigenvalue weighted by Crippen LogP contribution is 2.33. The molecule has 0 amide bonds. The predicted octanol–water partition coefficient (Wildman–Crippen LogP) is 3.30. The Morgan fingerprint density at radius 3 is 2.62 bits per heavy atom. The van der Waals surface area contributed by atoms with E-state index in [9.17, 15) is 4.39 Å². The number of ether oxygens (including phenoxy) is 1. The molecule has 29 heavy (non-hydrogen) atoms. The SMILES string of the molecule is Nc1nc(CC2CNC2)nc2n[nH]c(-c3ccc(Oc4ccccc4)cc3F)c12. The fourth-order valence-corrected chi connectivity index (χ4v) is 3.42. The van der Waals surface area contributed by atoms with Crippen LogP contribution in [-0.4, -0.2) is 33.3 Å². The van der Waals surface area contributed by atoms with Gasteiger partial charge in [-0.3, -0.25) is 5.10 Å². The maximum absolute atomic E-state index is 14.9. The first-order chi connectivity index (χ1) is 14.2. The average molecular weight is 390 g/mol. The largest absolute Gasteiger partial charge is 0.457 e. The summed E-state index contributed by atoms with van der Waals surface area (Å²) in [5.41, 5.74) is 7.42. The summed E-state index contributed by atoms with van der Waals surface area (Å²) in [6.45, 7) is 1.91. The van der Waals surface area contributed by atoms with Gasteiger partial charge in [0, 0.05) is 18.1 Å². The third kappa shape index (κ3) is 3.38. The van der Waals surface area contributed by atoms with E-state index in [1.165, 1.54) is 6.07 Å². The quantitative estimate of drug-likeness (QED) is 0.483. The van der Waals surface area contributed by atoms with Crippen molar-refractivity contribution in [3.8, 4) is 22.8 Å². The Labute approximate surface area is 166 Å². The van der Waals surface area contributed by atoms with Gasteiger partial charge in [0.2, 0.25) is 0 Å². The Hall–Kier alpha value is -3.52. The van der Waals surface area contributed by atoms with Gasteiger partial charge in [0.25, 0.3) is 0 Å². The number of fused-ring (bicyclic) bond motifs is 1. The second-order valence-electron chi connectivity index (χ2n) is 7.11. The first-order valence-electron chi connectivity index (χ1n) is 9.41. The smallest absolute Gasteiger partial charge is 0.187 e. The van der Waals surface area contributed by atoms with Gasteiger partial charge in [0.05, 0.1) is 11.1 Å². The second-order valence-corrected chi connectivity index (χ2v) is 7.11. The Morgan fingerprint density at radius 1 is 1.07 bits per heavy atom. The zero-order valence-electron chi connectivity index (χ0n) is 15.5. The number of nitrogens with one attached hydrogen (secondary N) is 2. The molecule has 1 aliphatic rings. The molecule has 1 fully saturated rings. The molecule has 2 aromatic carbocycles. The molecule has 0 unspecified atom stereocenters. The molecule has 7 nitrogen and oxygen atoms in total. The van der Waals surface area contributed by atoms with Crippen LogP contribution in [0.2, 0.25) is 0 Å². The summed E-state index contributed by atoms with van der Waals surface area (Å²) in [5, 5.41) is 10.8. The van der Waals surface area contributed by atoms with Crippen molar-refractivity contribution in [2.75, 3.05) is 18.8 Å². The number of H-pyrrole nitrogens is 1. The van der Waals surface area contributed by atoms with Crippen molar-refractivity contribution in [3.63, 3.8) is 0 Å². The van der Waals surface area contributed by atoms with Crippen LogP contribution >= 0.6 is 0 Å². The molecule has 2 aromatic heterocycles. The maximum Gasteiger partial charge on any atom is 0.187 e. The lowest BCUT2D eigenvalue weighted by molar-refractivity contribution is 0.341. The van der Waals surface area contributed by atoms with Crippen LogP contribution in [0, 0.1) is 11.7 Å². The third-order valence-corrected chi connectivity index (χ3v) is 5.01. The number of para-hydroxylation sites is 1. The number of anilines is 1. The van der Waals surface area contributed by atoms with Gasteiger partial charge in [-0.15, -0.1) is 0 Å². The van der Waals surface area contributed by atoms with Crippen molar-refractivity contribution < 1.29 is 9.13 Å². The van der Waals surface area contributed by atoms with Gasteiger partial charge in [-0.1, -0.05) is 18.2 Å². The topological polar surface area (TPSA) is 102 Å². The molecule has 3 heterocycles. The lowest BCUT2D eigenvalue weighted by Crippen LogP contribution is -2.43. The highest BCUT2D eigenvalue weighted by atomic mass is 19.1. The number of hydrogen-bond acceptors (Lipinski definition) is 6. The summed E-state index contributed by atoms with van der Waals surface area (Å²) in [6.07, 6.45) is 0.745. The van der Waals surface area contributed by atoms with Crippen LogP contribution in [0.4, 0.5) is 10.2 Å². The standard InChI is InChI=1S/C21H19FN6O/c22-16-9-14(29-13-4-2-1-3-5-13)6-7-15(16)19-18-20(23)25-17(8-12-10-24-11-12)26-21(18)28-27-19/h1-7,9,12,24H,8,10-11H2,(H3,23,25,26,27,28). The number of aromatic nitrogens is 4. The number of aromatic amines is 1. The van der Waals surface area contributed by atoms with Crippen LogP contribution < -0.4 is 15.8 Å². The van der Waals surface area contributed by atoms with Gasteiger partial charge in [0.1, 0.15) is 29.0 Å². The highest BCUT2D eigenvalue weighted by Gasteiger charge is 2.22. The number of halogens is 1. The molecule has 1 aliphatic heterocycles. The van der Waals surface area contributed by atoms with Crippen molar-refractivity contribution in [1.29, 1.82) is 0 Å². The van der Waals surface area contributed by atoms with E-state index in [2.05, 4.69) is 25.5 Å². The lowest BCUT2D eigenvalue weighted by Gasteiger charge is -2.26. The molecule has 0 spiro atoms. The van der Waals surface area contributed by atoms with Gasteiger partial charge in [-0.25, -0.2) is 14.4 Å². The summed E-state index contributed by atoms with van der Waals surface area (Å²) < 4.78 is 20.6. The molecule has 0 bridgehead atoms. The Balaban J connectivity index is 1.47. The summed E-state index contributed by atoms with van der Waals surface area (Å²) in [5.74, 6) is 2.06. The van der Waals surface area contributed by atoms with E-state index in [1.54, 1.807) is 12.1 Å². The third-order valence-electron chi connectivity index (χ3n) is 5.01. The van der Waals surface area contributed by atoms with Crippen molar-refractivity contribution in [2.24, 2.45) is 5.92 Å². The van der Waals surface area contributed by atoms with Crippen LogP contribution in [0.1, 0.15) is 5.82 Å². The second kappa shape index (κ2) is 7.14. The van der Waals surface area contributed by atoms with Crippen molar-refractivity contribution >= 4 is 16.9 Å². The monoisotopic (exact) mass is 390 g/mol. The zero-order valence-corrected chi connectivity index (χ0v) is 15.5. The minimum absolute atomic E-state index is 0.296. The van der Waals surface area contributed by atoms with Crippen LogP contribution in [0.15, 0.2) is 48.5 Å². The number of rotatable bonds is 5. The summed E-state index contributed by atoms with van der Waals surface area (Å²) in [6, 6.07) is 13.9. The molecule has 0 radical (unpaired) electrons. The van der Waals surface area contributed by atoms with E-state index >= 15 is 0 Å². The molecular weight excluding hydrogens is 371 g/mol. The minimum Gasteiger partial charge on any atom is -0.457 e. The van der Waals surface area contributed by atoms with Gasteiger partial charge >= 0.3 is 0 Å². The molecular formula is C21H19FN6O. The number of benzene rings is 2. The van der Waals surface area contributed by atoms with E-state index in [4.69, 9.17) is 10.5 Å². The molecule has 0 aliphatic carbocycles. The summed E-state index contributed by atoms with van der Waals surface area (Å²) in [4.78, 5) is 8.92. The first kappa shape index (κ1) is 17.6. The molecule has 8 heteroatoms. The fourth-order valence-electron chi connectivity index (χ4n) is 3.42. The molecule has 1 saturated heterocycles. The number of nitrogens with zero attached hydrogens (tertiary/aromatic N) is 3. The van der Waals surface area contributed by atoms with Crippen molar-refractivity contribution in [1.82, 2.24) is 25.5 Å². The van der Waals surface area contributed by atoms with Crippen molar-refractivity contribution in [2.45, 2.75) is 6.42 Å². The van der Waals surface area contributed by atoms with E-state index in [0.717, 1.165) is 19.5 Å². The highest BCUT2D eigenvalue weighted by molar-refractivity contribution is 5.98. The predicted molar refractivity (Wildman–Crippen MR) is 108 cm³/mol. The Bertz CT molecular complexity index is 1170. The molecule has 5 rings (SSSR count). The minimum atomic E-state index is -0.451. The van der Waals surface area contributed by atoms with E-state index in [-0.39, 0.29) is 0 Å². The fraction of sp³-hybridized carbons (Fsp3) is 0.190. The van der Waals surface area contributed by atoms with Gasteiger partial charge in [-0.05, 0) is 43.3 Å². The van der Waals surface area contributed by atoms with E-state index < -0.39 is 5.82 Å². The van der Waals surface area contributed by atoms with Gasteiger partial charge in [0.15, 0.2) is 5.65 Å². The number of nitrogens with two attached hydrogens (primary N) is 1. The molecule has 4 N–H and O–H groups in total. The van der Waals surface area contributed by atoms with E-state index in [1.807, 2.05) is 30.3 Å². The molecule has 0 saturated carbocycles. The normalized spacial score (nSPS) is 14.1. The van der Waals surface area contributed by atoms with Gasteiger partial charge in [-0.2, -0.15) is 5.10 Å². The maximum atomic E-state index is 14.9. The molecule has 146 valence electrons. The first-order valence-corrected chi connectivity index (χ1v) is 9.41. The lowest BCUT2D eigenvalue weighted by atomic mass is 9.99. The molecule has 4 aromatic rings.